The highest BCUT2D eigenvalue weighted by atomic mass is 16.5. The molecule has 0 spiro atoms. The standard InChI is InChI=1S/C44H44N4O5/c1-5-52-44(51)36-27(3)47-26(2)35(40(36)37-28(4)53-48-41(37)31-14-9-8-10-15-31)43(50)46-23-12-7-6-11-22-45-42(49)34-24-32-20-18-29-16-13-17-30-19-21-33(25-34)39(32)38(29)30/h8-10,13-21,24-25,40,47H,5-7,11-12,22-23H2,1-4H3,(H,45,49)(H,46,50). The second kappa shape index (κ2) is 15.3. The Balaban J connectivity index is 0.956. The molecule has 53 heavy (non-hydrogen) atoms. The van der Waals surface area contributed by atoms with Crippen molar-refractivity contribution in [3.8, 4) is 11.3 Å². The Morgan fingerprint density at radius 1 is 0.717 bits per heavy atom. The van der Waals surface area contributed by atoms with Crippen molar-refractivity contribution >= 4 is 50.1 Å². The molecule has 0 saturated carbocycles. The second-order valence-corrected chi connectivity index (χ2v) is 13.7. The highest BCUT2D eigenvalue weighted by Gasteiger charge is 2.40. The summed E-state index contributed by atoms with van der Waals surface area (Å²) in [6, 6.07) is 28.3. The zero-order valence-electron chi connectivity index (χ0n) is 30.6. The number of carbonyl (C=O) groups excluding carboxylic acids is 3. The summed E-state index contributed by atoms with van der Waals surface area (Å²) < 4.78 is 11.2. The van der Waals surface area contributed by atoms with E-state index in [1.54, 1.807) is 13.8 Å². The number of benzene rings is 5. The Labute approximate surface area is 308 Å². The van der Waals surface area contributed by atoms with Crippen LogP contribution in [0.2, 0.25) is 0 Å². The normalized spacial score (nSPS) is 14.6. The fraction of sp³-hybridized carbons (Fsp3) is 0.273. The molecule has 0 bridgehead atoms. The Hall–Kier alpha value is -5.96. The van der Waals surface area contributed by atoms with Gasteiger partial charge in [-0.3, -0.25) is 9.59 Å². The summed E-state index contributed by atoms with van der Waals surface area (Å²) in [6.45, 7) is 8.45. The topological polar surface area (TPSA) is 123 Å². The van der Waals surface area contributed by atoms with Gasteiger partial charge in [-0.25, -0.2) is 4.79 Å². The summed E-state index contributed by atoms with van der Waals surface area (Å²) in [6.07, 6.45) is 3.37. The van der Waals surface area contributed by atoms with Gasteiger partial charge in [0, 0.05) is 46.7 Å². The maximum Gasteiger partial charge on any atom is 0.336 e. The Morgan fingerprint density at radius 3 is 1.94 bits per heavy atom. The molecule has 1 aliphatic heterocycles. The molecule has 0 saturated heterocycles. The lowest BCUT2D eigenvalue weighted by Gasteiger charge is -2.31. The molecule has 270 valence electrons. The van der Waals surface area contributed by atoms with Crippen molar-refractivity contribution in [1.29, 1.82) is 0 Å². The number of carbonyl (C=O) groups is 3. The van der Waals surface area contributed by atoms with Gasteiger partial charge in [0.25, 0.3) is 5.91 Å². The molecule has 0 aliphatic carbocycles. The molecule has 6 aromatic rings. The number of esters is 1. The van der Waals surface area contributed by atoms with E-state index in [0.717, 1.165) is 42.0 Å². The van der Waals surface area contributed by atoms with Crippen LogP contribution < -0.4 is 16.0 Å². The highest BCUT2D eigenvalue weighted by Crippen LogP contribution is 2.44. The smallest absolute Gasteiger partial charge is 0.336 e. The molecule has 1 atom stereocenters. The van der Waals surface area contributed by atoms with Crippen molar-refractivity contribution in [1.82, 2.24) is 21.1 Å². The van der Waals surface area contributed by atoms with Crippen LogP contribution >= 0.6 is 0 Å². The minimum absolute atomic E-state index is 0.0768. The minimum atomic E-state index is -0.741. The van der Waals surface area contributed by atoms with Crippen molar-refractivity contribution < 1.29 is 23.6 Å². The monoisotopic (exact) mass is 708 g/mol. The molecular formula is C44H44N4O5. The molecule has 1 aliphatic rings. The van der Waals surface area contributed by atoms with Crippen LogP contribution in [-0.4, -0.2) is 42.6 Å². The number of aryl methyl sites for hydroxylation is 1. The Bertz CT molecular complexity index is 2330. The van der Waals surface area contributed by atoms with Crippen LogP contribution in [-0.2, 0) is 14.3 Å². The summed E-state index contributed by atoms with van der Waals surface area (Å²) in [5.41, 5.74) is 4.78. The van der Waals surface area contributed by atoms with Gasteiger partial charge in [0.2, 0.25) is 5.91 Å². The van der Waals surface area contributed by atoms with E-state index in [4.69, 9.17) is 9.26 Å². The van der Waals surface area contributed by atoms with Crippen molar-refractivity contribution in [3.63, 3.8) is 0 Å². The van der Waals surface area contributed by atoms with E-state index in [9.17, 15) is 14.4 Å². The van der Waals surface area contributed by atoms with E-state index in [-0.39, 0.29) is 18.4 Å². The van der Waals surface area contributed by atoms with Gasteiger partial charge in [-0.15, -0.1) is 0 Å². The molecule has 5 aromatic carbocycles. The van der Waals surface area contributed by atoms with Gasteiger partial charge >= 0.3 is 5.97 Å². The van der Waals surface area contributed by atoms with Crippen LogP contribution in [0.4, 0.5) is 0 Å². The molecule has 9 nitrogen and oxygen atoms in total. The number of rotatable bonds is 13. The Morgan fingerprint density at radius 2 is 1.30 bits per heavy atom. The third kappa shape index (κ3) is 6.99. The summed E-state index contributed by atoms with van der Waals surface area (Å²) in [4.78, 5) is 40.5. The number of nitrogens with one attached hydrogen (secondary N) is 3. The predicted octanol–water partition coefficient (Wildman–Crippen LogP) is 8.45. The van der Waals surface area contributed by atoms with Gasteiger partial charge in [0.1, 0.15) is 11.5 Å². The highest BCUT2D eigenvalue weighted by molar-refractivity contribution is 6.24. The van der Waals surface area contributed by atoms with Crippen LogP contribution in [0.3, 0.4) is 0 Å². The molecular weight excluding hydrogens is 665 g/mol. The zero-order valence-corrected chi connectivity index (χ0v) is 30.6. The van der Waals surface area contributed by atoms with Crippen LogP contribution in [0.25, 0.3) is 43.6 Å². The zero-order chi connectivity index (χ0) is 37.1. The fourth-order valence-corrected chi connectivity index (χ4v) is 7.68. The predicted molar refractivity (Wildman–Crippen MR) is 209 cm³/mol. The van der Waals surface area contributed by atoms with Crippen molar-refractivity contribution in [2.24, 2.45) is 0 Å². The van der Waals surface area contributed by atoms with E-state index in [1.807, 2.05) is 56.3 Å². The molecule has 2 heterocycles. The molecule has 1 unspecified atom stereocenters. The van der Waals surface area contributed by atoms with Gasteiger partial charge in [-0.2, -0.15) is 0 Å². The minimum Gasteiger partial charge on any atom is -0.463 e. The molecule has 0 fully saturated rings. The molecule has 7 rings (SSSR count). The third-order valence-electron chi connectivity index (χ3n) is 10.1. The number of ether oxygens (including phenoxy) is 1. The fourth-order valence-electron chi connectivity index (χ4n) is 7.68. The maximum absolute atomic E-state index is 14.0. The molecule has 1 aromatic heterocycles. The number of dihydropyridines is 1. The first-order valence-electron chi connectivity index (χ1n) is 18.4. The maximum atomic E-state index is 14.0. The number of hydrogen-bond donors (Lipinski definition) is 3. The number of amides is 2. The first-order valence-corrected chi connectivity index (χ1v) is 18.4. The van der Waals surface area contributed by atoms with Gasteiger partial charge in [0.05, 0.1) is 18.1 Å². The lowest BCUT2D eigenvalue weighted by molar-refractivity contribution is -0.138. The number of nitrogens with zero attached hydrogens (tertiary/aromatic N) is 1. The summed E-state index contributed by atoms with van der Waals surface area (Å²) in [5.74, 6) is -1.06. The number of hydrogen-bond acceptors (Lipinski definition) is 7. The van der Waals surface area contributed by atoms with E-state index in [2.05, 4.69) is 63.6 Å². The van der Waals surface area contributed by atoms with E-state index in [0.29, 0.717) is 58.2 Å². The first kappa shape index (κ1) is 35.4. The van der Waals surface area contributed by atoms with Gasteiger partial charge in [0.15, 0.2) is 0 Å². The number of allylic oxidation sites excluding steroid dienone is 2. The number of unbranched alkanes of at least 4 members (excludes halogenated alkanes) is 3. The second-order valence-electron chi connectivity index (χ2n) is 13.7. The first-order chi connectivity index (χ1) is 25.8. The van der Waals surface area contributed by atoms with E-state index >= 15 is 0 Å². The third-order valence-corrected chi connectivity index (χ3v) is 10.1. The van der Waals surface area contributed by atoms with Crippen LogP contribution in [0, 0.1) is 6.92 Å². The molecule has 9 heteroatoms. The summed E-state index contributed by atoms with van der Waals surface area (Å²) >= 11 is 0. The van der Waals surface area contributed by atoms with Crippen molar-refractivity contribution in [3.05, 3.63) is 124 Å². The Kier molecular flexibility index (Phi) is 10.3. The lowest BCUT2D eigenvalue weighted by Crippen LogP contribution is -2.37. The van der Waals surface area contributed by atoms with Crippen molar-refractivity contribution in [2.45, 2.75) is 59.3 Å². The van der Waals surface area contributed by atoms with Crippen LogP contribution in [0.15, 0.2) is 112 Å². The molecule has 3 N–H and O–H groups in total. The van der Waals surface area contributed by atoms with Crippen molar-refractivity contribution in [2.75, 3.05) is 19.7 Å². The van der Waals surface area contributed by atoms with Crippen LogP contribution in [0.1, 0.15) is 74.1 Å². The lowest BCUT2D eigenvalue weighted by atomic mass is 9.78. The quantitative estimate of drug-likeness (QED) is 0.0625. The van der Waals surface area contributed by atoms with Gasteiger partial charge < -0.3 is 25.2 Å². The average molecular weight is 709 g/mol. The largest absolute Gasteiger partial charge is 0.463 e. The van der Waals surface area contributed by atoms with Gasteiger partial charge in [-0.1, -0.05) is 90.8 Å². The van der Waals surface area contributed by atoms with Crippen LogP contribution in [0.5, 0.6) is 0 Å². The molecule has 2 amide bonds. The average Bonchev–Trinajstić information content (AvgIpc) is 3.55. The molecule has 0 radical (unpaired) electrons. The van der Waals surface area contributed by atoms with Gasteiger partial charge in [-0.05, 0) is 85.0 Å². The number of aromatic nitrogens is 1. The summed E-state index contributed by atoms with van der Waals surface area (Å²) in [5, 5.41) is 20.8. The van der Waals surface area contributed by atoms with E-state index in [1.165, 1.54) is 21.5 Å². The van der Waals surface area contributed by atoms with E-state index < -0.39 is 11.9 Å². The summed E-state index contributed by atoms with van der Waals surface area (Å²) in [7, 11) is 0. The SMILES string of the molecule is CCOC(=O)C1=C(C)NC(C)=C(C(=O)NCCCCCCNC(=O)c2cc3ccc4cccc5ccc(c2)c3c45)C1c1c(-c2ccccc2)noc1C.